The van der Waals surface area contributed by atoms with Crippen LogP contribution in [0.2, 0.25) is 0 Å². The number of hydrogen-bond acceptors (Lipinski definition) is 3. The van der Waals surface area contributed by atoms with Crippen LogP contribution in [0.5, 0.6) is 0 Å². The lowest BCUT2D eigenvalue weighted by molar-refractivity contribution is 0.346. The molecule has 3 heteroatoms. The molecule has 0 atom stereocenters. The van der Waals surface area contributed by atoms with Crippen molar-refractivity contribution in [2.24, 2.45) is 0 Å². The van der Waals surface area contributed by atoms with Crippen molar-refractivity contribution in [2.75, 3.05) is 4.90 Å². The molecule has 0 amide bonds. The van der Waals surface area contributed by atoms with E-state index in [4.69, 9.17) is 9.97 Å². The van der Waals surface area contributed by atoms with E-state index < -0.39 is 0 Å². The van der Waals surface area contributed by atoms with Gasteiger partial charge in [0.1, 0.15) is 0 Å². The molecule has 1 fully saturated rings. The van der Waals surface area contributed by atoms with Gasteiger partial charge in [0, 0.05) is 39.2 Å². The lowest BCUT2D eigenvalue weighted by Gasteiger charge is -2.39. The van der Waals surface area contributed by atoms with Crippen LogP contribution >= 0.6 is 0 Å². The molecule has 238 valence electrons. The van der Waals surface area contributed by atoms with Crippen molar-refractivity contribution in [3.05, 3.63) is 187 Å². The third-order valence-electron chi connectivity index (χ3n) is 9.97. The van der Waals surface area contributed by atoms with E-state index in [-0.39, 0.29) is 5.41 Å². The first-order valence-electron chi connectivity index (χ1n) is 17.4. The summed E-state index contributed by atoms with van der Waals surface area (Å²) in [4.78, 5) is 12.5. The quantitative estimate of drug-likeness (QED) is 0.167. The molecule has 0 bridgehead atoms. The molecule has 8 rings (SSSR count). The number of para-hydroxylation sites is 2. The average Bonchev–Trinajstić information content (AvgIpc) is 3.20. The van der Waals surface area contributed by atoms with Gasteiger partial charge >= 0.3 is 0 Å². The van der Waals surface area contributed by atoms with Crippen molar-refractivity contribution < 1.29 is 0 Å². The fraction of sp³-hybridized carbons (Fsp3) is 0.130. The van der Waals surface area contributed by atoms with Crippen molar-refractivity contribution in [1.29, 1.82) is 0 Å². The second-order valence-corrected chi connectivity index (χ2v) is 13.0. The number of aromatic nitrogens is 2. The molecule has 3 nitrogen and oxygen atoms in total. The van der Waals surface area contributed by atoms with E-state index in [1.54, 1.807) is 0 Å². The molecule has 6 aromatic carbocycles. The summed E-state index contributed by atoms with van der Waals surface area (Å²) in [5.74, 6) is 0.746. The Bertz CT molecular complexity index is 2010. The van der Waals surface area contributed by atoms with E-state index in [0.717, 1.165) is 63.8 Å². The Hall–Kier alpha value is -5.80. The fourth-order valence-electron chi connectivity index (χ4n) is 7.46. The van der Waals surface area contributed by atoms with Gasteiger partial charge in [-0.05, 0) is 66.4 Å². The van der Waals surface area contributed by atoms with Gasteiger partial charge in [0.15, 0.2) is 5.82 Å². The van der Waals surface area contributed by atoms with Crippen molar-refractivity contribution >= 4 is 17.1 Å². The molecule has 1 saturated carbocycles. The van der Waals surface area contributed by atoms with Crippen LogP contribution in [0, 0.1) is 0 Å². The Morgan fingerprint density at radius 2 is 0.796 bits per heavy atom. The molecule has 0 unspecified atom stereocenters. The number of hydrogen-bond donors (Lipinski definition) is 0. The van der Waals surface area contributed by atoms with Crippen molar-refractivity contribution in [1.82, 2.24) is 9.97 Å². The van der Waals surface area contributed by atoms with E-state index in [9.17, 15) is 0 Å². The molecule has 0 N–H and O–H groups in total. The van der Waals surface area contributed by atoms with Gasteiger partial charge < -0.3 is 4.90 Å². The SMILES string of the molecule is c1ccc(-c2cc(-c3ccccc3)nc(-c3ccc(C4(c5ccc(N(c6ccccc6)c6ccccc6)cc5)CCCCC4)cc3)n2)cc1. The first-order valence-corrected chi connectivity index (χ1v) is 17.4. The van der Waals surface area contributed by atoms with Crippen LogP contribution < -0.4 is 4.90 Å². The highest BCUT2D eigenvalue weighted by Crippen LogP contribution is 2.46. The summed E-state index contributed by atoms with van der Waals surface area (Å²) in [5.41, 5.74) is 11.2. The second kappa shape index (κ2) is 13.7. The molecular formula is C46H39N3. The van der Waals surface area contributed by atoms with Crippen LogP contribution in [-0.4, -0.2) is 9.97 Å². The number of rotatable bonds is 8. The van der Waals surface area contributed by atoms with E-state index in [2.05, 4.69) is 169 Å². The Labute approximate surface area is 289 Å². The Balaban J connectivity index is 1.15. The second-order valence-electron chi connectivity index (χ2n) is 13.0. The van der Waals surface area contributed by atoms with Crippen LogP contribution in [0.4, 0.5) is 17.1 Å². The van der Waals surface area contributed by atoms with E-state index in [0.29, 0.717) is 0 Å². The maximum Gasteiger partial charge on any atom is 0.160 e. The largest absolute Gasteiger partial charge is 0.311 e. The standard InChI is InChI=1S/C46H39N3/c1-6-16-35(17-7-1)43-34-44(36-18-8-2-9-19-36)48-45(47-43)37-24-26-38(27-25-37)46(32-14-5-15-33-46)39-28-30-42(31-29-39)49(40-20-10-3-11-21-40)41-22-12-4-13-23-41/h1-4,6-13,16-31,34H,5,14-15,32-33H2. The van der Waals surface area contributed by atoms with Crippen LogP contribution in [0.15, 0.2) is 176 Å². The molecular weight excluding hydrogens is 595 g/mol. The van der Waals surface area contributed by atoms with Gasteiger partial charge in [-0.3, -0.25) is 0 Å². The zero-order chi connectivity index (χ0) is 32.9. The topological polar surface area (TPSA) is 29.0 Å². The highest BCUT2D eigenvalue weighted by atomic mass is 15.1. The molecule has 49 heavy (non-hydrogen) atoms. The minimum absolute atomic E-state index is 0.0262. The van der Waals surface area contributed by atoms with Gasteiger partial charge in [0.2, 0.25) is 0 Å². The Morgan fingerprint density at radius 3 is 1.27 bits per heavy atom. The van der Waals surface area contributed by atoms with Crippen molar-refractivity contribution in [2.45, 2.75) is 37.5 Å². The third kappa shape index (κ3) is 6.28. The highest BCUT2D eigenvalue weighted by molar-refractivity contribution is 5.77. The maximum atomic E-state index is 5.08. The lowest BCUT2D eigenvalue weighted by Crippen LogP contribution is -2.30. The van der Waals surface area contributed by atoms with Gasteiger partial charge in [-0.15, -0.1) is 0 Å². The van der Waals surface area contributed by atoms with E-state index in [1.807, 2.05) is 12.1 Å². The smallest absolute Gasteiger partial charge is 0.160 e. The molecule has 1 aromatic heterocycles. The zero-order valence-corrected chi connectivity index (χ0v) is 27.6. The monoisotopic (exact) mass is 633 g/mol. The van der Waals surface area contributed by atoms with Crippen molar-refractivity contribution in [3.63, 3.8) is 0 Å². The first kappa shape index (κ1) is 30.5. The fourth-order valence-corrected chi connectivity index (χ4v) is 7.46. The molecule has 0 spiro atoms. The average molecular weight is 634 g/mol. The number of nitrogens with zero attached hydrogens (tertiary/aromatic N) is 3. The van der Waals surface area contributed by atoms with E-state index >= 15 is 0 Å². The summed E-state index contributed by atoms with van der Waals surface area (Å²) in [6.45, 7) is 0. The summed E-state index contributed by atoms with van der Waals surface area (Å²) >= 11 is 0. The normalized spacial score (nSPS) is 13.9. The van der Waals surface area contributed by atoms with Gasteiger partial charge in [-0.25, -0.2) is 9.97 Å². The molecule has 1 heterocycles. The number of anilines is 3. The minimum Gasteiger partial charge on any atom is -0.311 e. The summed E-state index contributed by atoms with van der Waals surface area (Å²) in [5, 5.41) is 0. The molecule has 1 aliphatic rings. The predicted octanol–water partition coefficient (Wildman–Crippen LogP) is 12.2. The third-order valence-corrected chi connectivity index (χ3v) is 9.97. The van der Waals surface area contributed by atoms with Gasteiger partial charge in [-0.2, -0.15) is 0 Å². The first-order chi connectivity index (χ1) is 24.3. The predicted molar refractivity (Wildman–Crippen MR) is 203 cm³/mol. The summed E-state index contributed by atoms with van der Waals surface area (Å²) in [7, 11) is 0. The minimum atomic E-state index is -0.0262. The van der Waals surface area contributed by atoms with Crippen LogP contribution in [-0.2, 0) is 5.41 Å². The lowest BCUT2D eigenvalue weighted by atomic mass is 9.65. The number of benzene rings is 6. The zero-order valence-electron chi connectivity index (χ0n) is 27.6. The molecule has 0 saturated heterocycles. The van der Waals surface area contributed by atoms with Crippen LogP contribution in [0.1, 0.15) is 43.2 Å². The van der Waals surface area contributed by atoms with Gasteiger partial charge in [-0.1, -0.05) is 153 Å². The molecule has 1 aliphatic carbocycles. The van der Waals surface area contributed by atoms with Crippen LogP contribution in [0.25, 0.3) is 33.9 Å². The summed E-state index contributed by atoms with van der Waals surface area (Å²) in [6, 6.07) is 62.6. The van der Waals surface area contributed by atoms with Gasteiger partial charge in [0.25, 0.3) is 0 Å². The molecule has 0 radical (unpaired) electrons. The maximum absolute atomic E-state index is 5.08. The highest BCUT2D eigenvalue weighted by Gasteiger charge is 2.36. The van der Waals surface area contributed by atoms with Gasteiger partial charge in [0.05, 0.1) is 11.4 Å². The Kier molecular flexibility index (Phi) is 8.56. The Morgan fingerprint density at radius 1 is 0.388 bits per heavy atom. The summed E-state index contributed by atoms with van der Waals surface area (Å²) in [6.07, 6.45) is 6.03. The van der Waals surface area contributed by atoms with Crippen molar-refractivity contribution in [3.8, 4) is 33.9 Å². The molecule has 0 aliphatic heterocycles. The summed E-state index contributed by atoms with van der Waals surface area (Å²) < 4.78 is 0. The van der Waals surface area contributed by atoms with E-state index in [1.165, 1.54) is 30.4 Å². The van der Waals surface area contributed by atoms with Crippen LogP contribution in [0.3, 0.4) is 0 Å². The molecule has 7 aromatic rings.